The Labute approximate surface area is 137 Å². The number of aliphatic hydroxyl groups excluding tert-OH is 1. The Kier molecular flexibility index (Phi) is 6.30. The minimum absolute atomic E-state index is 0.237. The molecule has 4 nitrogen and oxygen atoms in total. The highest BCUT2D eigenvalue weighted by molar-refractivity contribution is 5.37. The van der Waals surface area contributed by atoms with Gasteiger partial charge in [-0.05, 0) is 57.0 Å². The van der Waals surface area contributed by atoms with E-state index in [0.29, 0.717) is 5.92 Å². The fraction of sp³-hybridized carbons (Fsp3) is 0.500. The van der Waals surface area contributed by atoms with Gasteiger partial charge in [0.05, 0.1) is 11.4 Å². The molecule has 0 aliphatic heterocycles. The van der Waals surface area contributed by atoms with E-state index in [2.05, 4.69) is 17.3 Å². The molecule has 0 aliphatic rings. The van der Waals surface area contributed by atoms with Crippen LogP contribution in [0.15, 0.2) is 24.3 Å². The van der Waals surface area contributed by atoms with Gasteiger partial charge in [-0.1, -0.05) is 13.3 Å². The summed E-state index contributed by atoms with van der Waals surface area (Å²) in [7, 11) is 0. The summed E-state index contributed by atoms with van der Waals surface area (Å²) in [6.45, 7) is 8.05. The zero-order valence-electron chi connectivity index (χ0n) is 14.1. The highest BCUT2D eigenvalue weighted by atomic mass is 19.1. The van der Waals surface area contributed by atoms with Crippen LogP contribution in [0.2, 0.25) is 0 Å². The van der Waals surface area contributed by atoms with Crippen LogP contribution in [-0.2, 0) is 6.54 Å². The lowest BCUT2D eigenvalue weighted by Crippen LogP contribution is -2.23. The van der Waals surface area contributed by atoms with Crippen molar-refractivity contribution in [2.24, 2.45) is 5.92 Å². The average Bonchev–Trinajstić information content (AvgIpc) is 2.82. The standard InChI is InChI=1S/C18H26FN3O/c1-4-15(9-10-23)11-20-12-18-13(2)21-22(14(18)3)17-7-5-16(19)6-8-17/h5-8,15,20,23H,4,9-12H2,1-3H3. The van der Waals surface area contributed by atoms with Gasteiger partial charge in [-0.25, -0.2) is 9.07 Å². The van der Waals surface area contributed by atoms with E-state index in [9.17, 15) is 4.39 Å². The Hall–Kier alpha value is -1.72. The number of benzene rings is 1. The molecule has 1 atom stereocenters. The van der Waals surface area contributed by atoms with Gasteiger partial charge in [-0.15, -0.1) is 0 Å². The molecule has 0 bridgehead atoms. The third-order valence-corrected chi connectivity index (χ3v) is 4.36. The summed E-state index contributed by atoms with van der Waals surface area (Å²) in [5.41, 5.74) is 4.09. The van der Waals surface area contributed by atoms with Crippen LogP contribution in [0.4, 0.5) is 4.39 Å². The van der Waals surface area contributed by atoms with Crippen LogP contribution in [0.3, 0.4) is 0 Å². The third kappa shape index (κ3) is 4.39. The molecule has 0 radical (unpaired) electrons. The summed E-state index contributed by atoms with van der Waals surface area (Å²) in [5.74, 6) is 0.249. The first-order valence-corrected chi connectivity index (χ1v) is 8.19. The van der Waals surface area contributed by atoms with Gasteiger partial charge in [0.15, 0.2) is 0 Å². The van der Waals surface area contributed by atoms with E-state index < -0.39 is 0 Å². The minimum Gasteiger partial charge on any atom is -0.396 e. The van der Waals surface area contributed by atoms with Crippen LogP contribution in [0.5, 0.6) is 0 Å². The zero-order chi connectivity index (χ0) is 16.8. The van der Waals surface area contributed by atoms with Gasteiger partial charge in [-0.3, -0.25) is 0 Å². The largest absolute Gasteiger partial charge is 0.396 e. The number of hydrogen-bond acceptors (Lipinski definition) is 3. The van der Waals surface area contributed by atoms with Crippen molar-refractivity contribution in [3.8, 4) is 5.69 Å². The first-order valence-electron chi connectivity index (χ1n) is 8.19. The summed E-state index contributed by atoms with van der Waals surface area (Å²) in [6, 6.07) is 6.37. The van der Waals surface area contributed by atoms with E-state index in [1.54, 1.807) is 12.1 Å². The maximum Gasteiger partial charge on any atom is 0.123 e. The quantitative estimate of drug-likeness (QED) is 0.786. The van der Waals surface area contributed by atoms with Gasteiger partial charge in [0.1, 0.15) is 5.82 Å². The van der Waals surface area contributed by atoms with E-state index in [-0.39, 0.29) is 12.4 Å². The van der Waals surface area contributed by atoms with Crippen molar-refractivity contribution in [1.82, 2.24) is 15.1 Å². The number of rotatable bonds is 8. The smallest absolute Gasteiger partial charge is 0.123 e. The molecule has 2 N–H and O–H groups in total. The van der Waals surface area contributed by atoms with Crippen molar-refractivity contribution in [3.05, 3.63) is 47.0 Å². The molecule has 0 spiro atoms. The van der Waals surface area contributed by atoms with Crippen molar-refractivity contribution in [2.45, 2.75) is 40.2 Å². The van der Waals surface area contributed by atoms with Gasteiger partial charge in [-0.2, -0.15) is 5.10 Å². The predicted octanol–water partition coefficient (Wildman–Crippen LogP) is 3.13. The number of halogens is 1. The monoisotopic (exact) mass is 319 g/mol. The number of hydrogen-bond donors (Lipinski definition) is 2. The highest BCUT2D eigenvalue weighted by Crippen LogP contribution is 2.18. The van der Waals surface area contributed by atoms with E-state index in [4.69, 9.17) is 5.11 Å². The van der Waals surface area contributed by atoms with Gasteiger partial charge in [0.2, 0.25) is 0 Å². The fourth-order valence-corrected chi connectivity index (χ4v) is 2.80. The number of aromatic nitrogens is 2. The Balaban J connectivity index is 2.07. The first kappa shape index (κ1) is 17.6. The van der Waals surface area contributed by atoms with Crippen molar-refractivity contribution < 1.29 is 9.50 Å². The average molecular weight is 319 g/mol. The Morgan fingerprint density at radius 1 is 1.26 bits per heavy atom. The maximum absolute atomic E-state index is 13.1. The van der Waals surface area contributed by atoms with Crippen LogP contribution in [0.1, 0.15) is 36.7 Å². The van der Waals surface area contributed by atoms with Crippen LogP contribution in [0.25, 0.3) is 5.69 Å². The van der Waals surface area contributed by atoms with E-state index in [1.165, 1.54) is 17.7 Å². The minimum atomic E-state index is -0.244. The molecule has 0 saturated heterocycles. The molecule has 5 heteroatoms. The first-order chi connectivity index (χ1) is 11.1. The summed E-state index contributed by atoms with van der Waals surface area (Å²) in [6.07, 6.45) is 1.89. The Morgan fingerprint density at radius 3 is 2.57 bits per heavy atom. The molecule has 1 aromatic heterocycles. The molecular formula is C18H26FN3O. The second-order valence-electron chi connectivity index (χ2n) is 5.96. The Bertz CT molecular complexity index is 622. The number of nitrogens with one attached hydrogen (secondary N) is 1. The summed E-state index contributed by atoms with van der Waals surface area (Å²) < 4.78 is 14.9. The summed E-state index contributed by atoms with van der Waals surface area (Å²) in [5, 5.41) is 17.1. The molecule has 0 saturated carbocycles. The molecule has 1 unspecified atom stereocenters. The Morgan fingerprint density at radius 2 is 1.96 bits per heavy atom. The van der Waals surface area contributed by atoms with E-state index in [0.717, 1.165) is 43.0 Å². The van der Waals surface area contributed by atoms with Crippen molar-refractivity contribution in [1.29, 1.82) is 0 Å². The second kappa shape index (κ2) is 8.22. The lowest BCUT2D eigenvalue weighted by Gasteiger charge is -2.14. The molecular weight excluding hydrogens is 293 g/mol. The SMILES string of the molecule is CCC(CCO)CNCc1c(C)nn(-c2ccc(F)cc2)c1C. The molecule has 0 aliphatic carbocycles. The summed E-state index contributed by atoms with van der Waals surface area (Å²) in [4.78, 5) is 0. The van der Waals surface area contributed by atoms with E-state index in [1.807, 2.05) is 18.5 Å². The molecule has 23 heavy (non-hydrogen) atoms. The van der Waals surface area contributed by atoms with Crippen molar-refractivity contribution >= 4 is 0 Å². The molecule has 126 valence electrons. The predicted molar refractivity (Wildman–Crippen MR) is 90.2 cm³/mol. The van der Waals surface area contributed by atoms with Gasteiger partial charge in [0, 0.05) is 24.4 Å². The van der Waals surface area contributed by atoms with Gasteiger partial charge in [0.25, 0.3) is 0 Å². The lowest BCUT2D eigenvalue weighted by atomic mass is 10.0. The molecule has 0 fully saturated rings. The van der Waals surface area contributed by atoms with E-state index >= 15 is 0 Å². The maximum atomic E-state index is 13.1. The molecule has 2 rings (SSSR count). The van der Waals surface area contributed by atoms with Crippen LogP contribution in [0, 0.1) is 25.6 Å². The van der Waals surface area contributed by atoms with Gasteiger partial charge < -0.3 is 10.4 Å². The summed E-state index contributed by atoms with van der Waals surface area (Å²) >= 11 is 0. The van der Waals surface area contributed by atoms with Gasteiger partial charge >= 0.3 is 0 Å². The van der Waals surface area contributed by atoms with Crippen molar-refractivity contribution in [2.75, 3.05) is 13.2 Å². The third-order valence-electron chi connectivity index (χ3n) is 4.36. The zero-order valence-corrected chi connectivity index (χ0v) is 14.1. The molecule has 0 amide bonds. The number of aryl methyl sites for hydroxylation is 1. The van der Waals surface area contributed by atoms with Crippen LogP contribution < -0.4 is 5.32 Å². The van der Waals surface area contributed by atoms with Crippen LogP contribution in [-0.4, -0.2) is 28.0 Å². The lowest BCUT2D eigenvalue weighted by molar-refractivity contribution is 0.251. The highest BCUT2D eigenvalue weighted by Gasteiger charge is 2.13. The number of nitrogens with zero attached hydrogens (tertiary/aromatic N) is 2. The normalized spacial score (nSPS) is 12.6. The molecule has 1 heterocycles. The molecule has 2 aromatic rings. The van der Waals surface area contributed by atoms with Crippen molar-refractivity contribution in [3.63, 3.8) is 0 Å². The molecule has 1 aromatic carbocycles. The van der Waals surface area contributed by atoms with Crippen LogP contribution >= 0.6 is 0 Å². The fourth-order valence-electron chi connectivity index (χ4n) is 2.80. The number of aliphatic hydroxyl groups is 1. The second-order valence-corrected chi connectivity index (χ2v) is 5.96. The topological polar surface area (TPSA) is 50.1 Å².